The highest BCUT2D eigenvalue weighted by atomic mass is 79.9. The maximum atomic E-state index is 11.0. The molecule has 0 saturated carbocycles. The molecule has 0 N–H and O–H groups in total. The fourth-order valence-corrected chi connectivity index (χ4v) is 2.58. The van der Waals surface area contributed by atoms with Gasteiger partial charge in [0.15, 0.2) is 5.78 Å². The summed E-state index contributed by atoms with van der Waals surface area (Å²) in [5, 5.41) is 9.67. The largest absolute Gasteiger partial charge is 0.293 e. The smallest absolute Gasteiger partial charge is 0.181 e. The number of thiophene rings is 1. The van der Waals surface area contributed by atoms with E-state index in [2.05, 4.69) is 26.2 Å². The predicted molar refractivity (Wildman–Crippen MR) is 61.1 cm³/mol. The number of rotatable bonds is 3. The molecule has 2 aromatic rings. The normalized spacial score (nSPS) is 10.5. The molecule has 0 atom stereocenters. The molecule has 2 aromatic heterocycles. The molecule has 0 unspecified atom stereocenters. The van der Waals surface area contributed by atoms with Crippen LogP contribution in [-0.4, -0.2) is 20.8 Å². The van der Waals surface area contributed by atoms with Gasteiger partial charge in [0, 0.05) is 21.7 Å². The molecule has 2 heterocycles. The van der Waals surface area contributed by atoms with Crippen molar-refractivity contribution in [3.05, 3.63) is 32.7 Å². The maximum Gasteiger partial charge on any atom is 0.181 e. The van der Waals surface area contributed by atoms with E-state index in [1.54, 1.807) is 22.2 Å². The SMILES string of the molecule is CC(=O)c1cn(Cc2cc(Br)cs2)nn1. The first-order chi connectivity index (χ1) is 7.15. The van der Waals surface area contributed by atoms with Crippen LogP contribution in [0.5, 0.6) is 0 Å². The van der Waals surface area contributed by atoms with E-state index >= 15 is 0 Å². The van der Waals surface area contributed by atoms with Gasteiger partial charge in [0.05, 0.1) is 12.7 Å². The molecule has 0 aliphatic carbocycles. The molecule has 0 spiro atoms. The summed E-state index contributed by atoms with van der Waals surface area (Å²) in [6, 6.07) is 2.03. The van der Waals surface area contributed by atoms with Gasteiger partial charge in [-0.15, -0.1) is 16.4 Å². The molecule has 78 valence electrons. The molecule has 0 bridgehead atoms. The summed E-state index contributed by atoms with van der Waals surface area (Å²) in [7, 11) is 0. The van der Waals surface area contributed by atoms with Crippen molar-refractivity contribution in [1.82, 2.24) is 15.0 Å². The number of hydrogen-bond acceptors (Lipinski definition) is 4. The van der Waals surface area contributed by atoms with Gasteiger partial charge in [0.2, 0.25) is 0 Å². The van der Waals surface area contributed by atoms with Crippen molar-refractivity contribution in [2.45, 2.75) is 13.5 Å². The quantitative estimate of drug-likeness (QED) is 0.814. The first-order valence-electron chi connectivity index (χ1n) is 4.29. The van der Waals surface area contributed by atoms with Crippen LogP contribution in [0.4, 0.5) is 0 Å². The molecule has 0 aliphatic rings. The lowest BCUT2D eigenvalue weighted by Gasteiger charge is -1.94. The predicted octanol–water partition coefficient (Wildman–Crippen LogP) is 2.35. The van der Waals surface area contributed by atoms with E-state index in [1.165, 1.54) is 11.8 Å². The van der Waals surface area contributed by atoms with Crippen LogP contribution in [0, 0.1) is 0 Å². The highest BCUT2D eigenvalue weighted by Gasteiger charge is 2.06. The van der Waals surface area contributed by atoms with Crippen LogP contribution in [0.3, 0.4) is 0 Å². The Morgan fingerprint density at radius 1 is 1.67 bits per heavy atom. The lowest BCUT2D eigenvalue weighted by atomic mass is 10.3. The first-order valence-corrected chi connectivity index (χ1v) is 5.96. The van der Waals surface area contributed by atoms with E-state index in [1.807, 2.05) is 11.4 Å². The van der Waals surface area contributed by atoms with E-state index in [0.29, 0.717) is 12.2 Å². The first kappa shape index (κ1) is 10.5. The molecule has 2 rings (SSSR count). The van der Waals surface area contributed by atoms with Crippen LogP contribution < -0.4 is 0 Å². The number of hydrogen-bond donors (Lipinski definition) is 0. The van der Waals surface area contributed by atoms with Crippen LogP contribution in [0.25, 0.3) is 0 Å². The molecule has 0 amide bonds. The summed E-state index contributed by atoms with van der Waals surface area (Å²) in [5.74, 6) is -0.0615. The van der Waals surface area contributed by atoms with E-state index in [9.17, 15) is 4.79 Å². The van der Waals surface area contributed by atoms with Gasteiger partial charge in [0.25, 0.3) is 0 Å². The minimum Gasteiger partial charge on any atom is -0.293 e. The third kappa shape index (κ3) is 2.51. The van der Waals surface area contributed by atoms with E-state index in [0.717, 1.165) is 4.47 Å². The fourth-order valence-electron chi connectivity index (χ4n) is 1.13. The average molecular weight is 286 g/mol. The molecule has 0 saturated heterocycles. The van der Waals surface area contributed by atoms with Gasteiger partial charge in [-0.05, 0) is 22.0 Å². The second-order valence-corrected chi connectivity index (χ2v) is 5.00. The van der Waals surface area contributed by atoms with Gasteiger partial charge in [-0.2, -0.15) is 0 Å². The van der Waals surface area contributed by atoms with Crippen LogP contribution in [-0.2, 0) is 6.54 Å². The minimum absolute atomic E-state index is 0.0615. The van der Waals surface area contributed by atoms with E-state index < -0.39 is 0 Å². The second-order valence-electron chi connectivity index (χ2n) is 3.09. The monoisotopic (exact) mass is 285 g/mol. The maximum absolute atomic E-state index is 11.0. The molecule has 0 radical (unpaired) electrons. The minimum atomic E-state index is -0.0615. The van der Waals surface area contributed by atoms with Crippen LogP contribution in [0.2, 0.25) is 0 Å². The van der Waals surface area contributed by atoms with Gasteiger partial charge in [-0.25, -0.2) is 4.68 Å². The van der Waals surface area contributed by atoms with Gasteiger partial charge in [0.1, 0.15) is 5.69 Å². The van der Waals surface area contributed by atoms with Gasteiger partial charge >= 0.3 is 0 Å². The van der Waals surface area contributed by atoms with Crippen molar-refractivity contribution >= 4 is 33.0 Å². The van der Waals surface area contributed by atoms with Gasteiger partial charge in [-0.3, -0.25) is 4.79 Å². The zero-order valence-corrected chi connectivity index (χ0v) is 10.4. The summed E-state index contributed by atoms with van der Waals surface area (Å²) in [5.41, 5.74) is 0.408. The number of halogens is 1. The molecular formula is C9H8BrN3OS. The highest BCUT2D eigenvalue weighted by molar-refractivity contribution is 9.10. The summed E-state index contributed by atoms with van der Waals surface area (Å²) >= 11 is 5.03. The van der Waals surface area contributed by atoms with E-state index in [4.69, 9.17) is 0 Å². The molecule has 0 aromatic carbocycles. The number of nitrogens with zero attached hydrogens (tertiary/aromatic N) is 3. The van der Waals surface area contributed by atoms with Crippen molar-refractivity contribution in [3.8, 4) is 0 Å². The molecule has 15 heavy (non-hydrogen) atoms. The third-order valence-corrected chi connectivity index (χ3v) is 3.52. The van der Waals surface area contributed by atoms with Gasteiger partial charge in [-0.1, -0.05) is 5.21 Å². The Labute approximate surface area is 99.0 Å². The number of carbonyl (C=O) groups is 1. The Hall–Kier alpha value is -1.01. The number of ketones is 1. The Morgan fingerprint density at radius 3 is 3.00 bits per heavy atom. The van der Waals surface area contributed by atoms with Crippen molar-refractivity contribution in [3.63, 3.8) is 0 Å². The van der Waals surface area contributed by atoms with Crippen molar-refractivity contribution in [2.75, 3.05) is 0 Å². The van der Waals surface area contributed by atoms with Crippen molar-refractivity contribution in [1.29, 1.82) is 0 Å². The molecule has 6 heteroatoms. The lowest BCUT2D eigenvalue weighted by Crippen LogP contribution is -1.98. The topological polar surface area (TPSA) is 47.8 Å². The zero-order valence-electron chi connectivity index (χ0n) is 7.98. The summed E-state index contributed by atoms with van der Waals surface area (Å²) in [6.07, 6.45) is 1.66. The Bertz CT molecular complexity index is 491. The number of carbonyl (C=O) groups excluding carboxylic acids is 1. The number of Topliss-reactive ketones (excluding diaryl/α,β-unsaturated/α-hetero) is 1. The summed E-state index contributed by atoms with van der Waals surface area (Å²) < 4.78 is 2.73. The zero-order chi connectivity index (χ0) is 10.8. The Morgan fingerprint density at radius 2 is 2.47 bits per heavy atom. The fraction of sp³-hybridized carbons (Fsp3) is 0.222. The van der Waals surface area contributed by atoms with Crippen LogP contribution in [0.1, 0.15) is 22.3 Å². The Kier molecular flexibility index (Phi) is 2.97. The average Bonchev–Trinajstić information content (AvgIpc) is 2.76. The molecular weight excluding hydrogens is 278 g/mol. The van der Waals surface area contributed by atoms with Crippen molar-refractivity contribution < 1.29 is 4.79 Å². The molecule has 4 nitrogen and oxygen atoms in total. The van der Waals surface area contributed by atoms with Gasteiger partial charge < -0.3 is 0 Å². The lowest BCUT2D eigenvalue weighted by molar-refractivity contribution is 0.101. The molecule has 0 aliphatic heterocycles. The standard InChI is InChI=1S/C9H8BrN3OS/c1-6(14)9-4-13(12-11-9)3-8-2-7(10)5-15-8/h2,4-5H,3H2,1H3. The van der Waals surface area contributed by atoms with Crippen LogP contribution >= 0.6 is 27.3 Å². The molecule has 0 fully saturated rings. The summed E-state index contributed by atoms with van der Waals surface area (Å²) in [4.78, 5) is 12.2. The highest BCUT2D eigenvalue weighted by Crippen LogP contribution is 2.20. The number of aromatic nitrogens is 3. The van der Waals surface area contributed by atoms with E-state index in [-0.39, 0.29) is 5.78 Å². The third-order valence-electron chi connectivity index (χ3n) is 1.84. The van der Waals surface area contributed by atoms with Crippen molar-refractivity contribution in [2.24, 2.45) is 0 Å². The Balaban J connectivity index is 2.14. The second kappa shape index (κ2) is 4.24. The summed E-state index contributed by atoms with van der Waals surface area (Å²) in [6.45, 7) is 2.13. The van der Waals surface area contributed by atoms with Crippen LogP contribution in [0.15, 0.2) is 22.1 Å².